The monoisotopic (exact) mass is 491 g/mol. The van der Waals surface area contributed by atoms with Crippen molar-refractivity contribution in [1.29, 1.82) is 0 Å². The van der Waals surface area contributed by atoms with Gasteiger partial charge in [-0.15, -0.1) is 24.0 Å². The second-order valence-corrected chi connectivity index (χ2v) is 7.64. The Morgan fingerprint density at radius 3 is 2.73 bits per heavy atom. The molecule has 1 heterocycles. The average Bonchev–Trinajstić information content (AvgIpc) is 3.31. The van der Waals surface area contributed by atoms with Gasteiger partial charge in [-0.25, -0.2) is 0 Å². The molecule has 0 aromatic heterocycles. The van der Waals surface area contributed by atoms with Gasteiger partial charge in [0.25, 0.3) is 0 Å². The molecule has 2 atom stereocenters. The number of hydrogen-bond donors (Lipinski definition) is 1. The van der Waals surface area contributed by atoms with Gasteiger partial charge in [-0.2, -0.15) is 0 Å². The molecule has 26 heavy (non-hydrogen) atoms. The van der Waals surface area contributed by atoms with Gasteiger partial charge in [0.05, 0.1) is 13.0 Å². The third kappa shape index (κ3) is 4.44. The number of esters is 1. The van der Waals surface area contributed by atoms with Gasteiger partial charge >= 0.3 is 5.97 Å². The average molecular weight is 492 g/mol. The predicted octanol–water partition coefficient (Wildman–Crippen LogP) is 3.31. The quantitative estimate of drug-likeness (QED) is 0.304. The van der Waals surface area contributed by atoms with Crippen molar-refractivity contribution in [1.82, 2.24) is 10.2 Å². The van der Waals surface area contributed by atoms with Gasteiger partial charge in [0.2, 0.25) is 0 Å². The number of rotatable bonds is 4. The molecule has 3 rings (SSSR count). The molecule has 1 saturated heterocycles. The number of benzene rings is 1. The summed E-state index contributed by atoms with van der Waals surface area (Å²) in [4.78, 5) is 18.5. The molecule has 1 aromatic rings. The van der Waals surface area contributed by atoms with Gasteiger partial charge < -0.3 is 15.0 Å². The summed E-state index contributed by atoms with van der Waals surface area (Å²) in [6, 6.07) is 8.13. The summed E-state index contributed by atoms with van der Waals surface area (Å²) in [6.07, 6.45) is 2.30. The highest BCUT2D eigenvalue weighted by molar-refractivity contribution is 14.0. The highest BCUT2D eigenvalue weighted by Crippen LogP contribution is 2.48. The molecule has 2 unspecified atom stereocenters. The van der Waals surface area contributed by atoms with E-state index in [2.05, 4.69) is 34.3 Å². The van der Waals surface area contributed by atoms with E-state index < -0.39 is 0 Å². The fourth-order valence-electron chi connectivity index (χ4n) is 3.72. The van der Waals surface area contributed by atoms with Crippen molar-refractivity contribution < 1.29 is 9.53 Å². The smallest absolute Gasteiger partial charge is 0.310 e. The summed E-state index contributed by atoms with van der Waals surface area (Å²) < 4.78 is 4.92. The van der Waals surface area contributed by atoms with Crippen LogP contribution < -0.4 is 5.32 Å². The number of nitrogens with one attached hydrogen (secondary N) is 1. The van der Waals surface area contributed by atoms with E-state index in [-0.39, 0.29) is 47.2 Å². The van der Waals surface area contributed by atoms with Gasteiger partial charge in [-0.1, -0.05) is 30.7 Å². The number of nitrogens with zero attached hydrogens (tertiary/aromatic N) is 2. The van der Waals surface area contributed by atoms with E-state index in [4.69, 9.17) is 16.3 Å². The number of methoxy groups -OCH3 is 1. The van der Waals surface area contributed by atoms with Crippen LogP contribution in [0, 0.1) is 11.8 Å². The summed E-state index contributed by atoms with van der Waals surface area (Å²) >= 11 is 6.15. The maximum atomic E-state index is 11.9. The number of likely N-dealkylation sites (tertiary alicyclic amines) is 1. The summed E-state index contributed by atoms with van der Waals surface area (Å²) in [5.41, 5.74) is 1.43. The number of halogens is 2. The Kier molecular flexibility index (Phi) is 7.19. The molecule has 0 radical (unpaired) electrons. The minimum Gasteiger partial charge on any atom is -0.469 e. The first kappa shape index (κ1) is 21.3. The maximum absolute atomic E-state index is 11.9. The van der Waals surface area contributed by atoms with Crippen molar-refractivity contribution in [3.05, 3.63) is 34.9 Å². The van der Waals surface area contributed by atoms with E-state index in [9.17, 15) is 4.79 Å². The van der Waals surface area contributed by atoms with Crippen LogP contribution in [0.5, 0.6) is 0 Å². The van der Waals surface area contributed by atoms with Crippen LogP contribution in [-0.2, 0) is 14.9 Å². The highest BCUT2D eigenvalue weighted by Gasteiger charge is 2.45. The SMILES string of the molecule is CN=C(NCC1(c2cccc(Cl)c2)CC1)N1CC(C)C(C(=O)OC)C1.I. The zero-order valence-electron chi connectivity index (χ0n) is 15.5. The second kappa shape index (κ2) is 8.78. The summed E-state index contributed by atoms with van der Waals surface area (Å²) in [5, 5.41) is 4.29. The Bertz CT molecular complexity index is 679. The Morgan fingerprint density at radius 1 is 1.42 bits per heavy atom. The van der Waals surface area contributed by atoms with Crippen LogP contribution in [0.25, 0.3) is 0 Å². The molecule has 0 amide bonds. The van der Waals surface area contributed by atoms with Crippen LogP contribution in [0.15, 0.2) is 29.3 Å². The van der Waals surface area contributed by atoms with Crippen LogP contribution in [0.1, 0.15) is 25.3 Å². The molecule has 1 aliphatic carbocycles. The zero-order chi connectivity index (χ0) is 18.0. The first-order chi connectivity index (χ1) is 12.0. The van der Waals surface area contributed by atoms with E-state index in [1.165, 1.54) is 12.7 Å². The summed E-state index contributed by atoms with van der Waals surface area (Å²) in [6.45, 7) is 4.37. The van der Waals surface area contributed by atoms with Crippen LogP contribution >= 0.6 is 35.6 Å². The first-order valence-electron chi connectivity index (χ1n) is 8.78. The van der Waals surface area contributed by atoms with Crippen molar-refractivity contribution in [2.45, 2.75) is 25.2 Å². The minimum atomic E-state index is -0.136. The predicted molar refractivity (Wildman–Crippen MR) is 115 cm³/mol. The summed E-state index contributed by atoms with van der Waals surface area (Å²) in [5.74, 6) is 0.884. The molecule has 2 aliphatic rings. The Hall–Kier alpha value is -1.02. The number of aliphatic imine (C=N–C) groups is 1. The fraction of sp³-hybridized carbons (Fsp3) is 0.579. The fourth-order valence-corrected chi connectivity index (χ4v) is 3.91. The third-order valence-corrected chi connectivity index (χ3v) is 5.74. The zero-order valence-corrected chi connectivity index (χ0v) is 18.6. The Balaban J connectivity index is 0.00000243. The van der Waals surface area contributed by atoms with Crippen molar-refractivity contribution in [3.8, 4) is 0 Å². The Morgan fingerprint density at radius 2 is 2.15 bits per heavy atom. The molecular weight excluding hydrogens is 465 g/mol. The standard InChI is InChI=1S/C19H26ClN3O2.HI/c1-13-10-23(11-16(13)17(24)25-3)18(21-2)22-12-19(7-8-19)14-5-4-6-15(20)9-14;/h4-6,9,13,16H,7-8,10-12H2,1-3H3,(H,21,22);1H. The Labute approximate surface area is 177 Å². The van der Waals surface area contributed by atoms with Crippen molar-refractivity contribution in [2.75, 3.05) is 33.8 Å². The van der Waals surface area contributed by atoms with Crippen LogP contribution in [0.2, 0.25) is 5.02 Å². The van der Waals surface area contributed by atoms with Gasteiger partial charge in [0.15, 0.2) is 5.96 Å². The lowest BCUT2D eigenvalue weighted by Crippen LogP contribution is -2.43. The molecule has 0 bridgehead atoms. The van der Waals surface area contributed by atoms with Crippen molar-refractivity contribution >= 4 is 47.5 Å². The van der Waals surface area contributed by atoms with Crippen molar-refractivity contribution in [3.63, 3.8) is 0 Å². The van der Waals surface area contributed by atoms with E-state index in [0.29, 0.717) is 6.54 Å². The molecule has 7 heteroatoms. The lowest BCUT2D eigenvalue weighted by molar-refractivity contribution is -0.145. The molecule has 5 nitrogen and oxygen atoms in total. The topological polar surface area (TPSA) is 53.9 Å². The molecule has 1 aromatic carbocycles. The first-order valence-corrected chi connectivity index (χ1v) is 9.16. The van der Waals surface area contributed by atoms with Gasteiger partial charge in [0.1, 0.15) is 0 Å². The minimum absolute atomic E-state index is 0. The second-order valence-electron chi connectivity index (χ2n) is 7.20. The maximum Gasteiger partial charge on any atom is 0.310 e. The van der Waals surface area contributed by atoms with Gasteiger partial charge in [0, 0.05) is 37.1 Å². The molecule has 0 spiro atoms. The van der Waals surface area contributed by atoms with Gasteiger partial charge in [-0.05, 0) is 36.5 Å². The van der Waals surface area contributed by atoms with E-state index >= 15 is 0 Å². The lowest BCUT2D eigenvalue weighted by Gasteiger charge is -2.24. The molecule has 1 N–H and O–H groups in total. The van der Waals surface area contributed by atoms with E-state index in [1.807, 2.05) is 12.1 Å². The largest absolute Gasteiger partial charge is 0.469 e. The number of carbonyl (C=O) groups excluding carboxylic acids is 1. The number of hydrogen-bond acceptors (Lipinski definition) is 3. The molecule has 1 aliphatic heterocycles. The van der Waals surface area contributed by atoms with Crippen LogP contribution in [0.4, 0.5) is 0 Å². The molecule has 144 valence electrons. The van der Waals surface area contributed by atoms with E-state index in [0.717, 1.165) is 36.9 Å². The molecule has 2 fully saturated rings. The number of ether oxygens (including phenoxy) is 1. The highest BCUT2D eigenvalue weighted by atomic mass is 127. The molecule has 1 saturated carbocycles. The van der Waals surface area contributed by atoms with Crippen LogP contribution in [-0.4, -0.2) is 50.6 Å². The normalized spacial score (nSPS) is 24.0. The van der Waals surface area contributed by atoms with E-state index in [1.54, 1.807) is 7.05 Å². The number of guanidine groups is 1. The van der Waals surface area contributed by atoms with Gasteiger partial charge in [-0.3, -0.25) is 9.79 Å². The van der Waals surface area contributed by atoms with Crippen LogP contribution in [0.3, 0.4) is 0 Å². The van der Waals surface area contributed by atoms with Crippen molar-refractivity contribution in [2.24, 2.45) is 16.8 Å². The number of carbonyl (C=O) groups is 1. The third-order valence-electron chi connectivity index (χ3n) is 5.50. The molecular formula is C19H27ClIN3O2. The summed E-state index contributed by atoms with van der Waals surface area (Å²) in [7, 11) is 3.24. The lowest BCUT2D eigenvalue weighted by atomic mass is 9.96.